The molecule has 0 heterocycles. The molecular weight excluding hydrogens is 514 g/mol. The standard InChI is InChI=1S/C28H26F6O4/c1-5-18-19-9-12-23(26(4,38)28(32,33)34)21(14-24(36)17-8-6-7-16(13-17)15(2)35)20(19)10-11-22(18)25(3,37)27(29,30)31/h6-13,37-38H,5,14H2,1-4H3. The maximum absolute atomic E-state index is 13.9. The van der Waals surface area contributed by atoms with Gasteiger partial charge in [-0.3, -0.25) is 9.59 Å². The van der Waals surface area contributed by atoms with Crippen molar-refractivity contribution in [2.24, 2.45) is 0 Å². The number of hydrogen-bond donors (Lipinski definition) is 2. The summed E-state index contributed by atoms with van der Waals surface area (Å²) in [5.74, 6) is -0.994. The summed E-state index contributed by atoms with van der Waals surface area (Å²) in [4.78, 5) is 24.9. The van der Waals surface area contributed by atoms with Gasteiger partial charge < -0.3 is 10.2 Å². The molecule has 4 nitrogen and oxygen atoms in total. The van der Waals surface area contributed by atoms with Gasteiger partial charge in [0.25, 0.3) is 0 Å². The zero-order valence-electron chi connectivity index (χ0n) is 21.0. The van der Waals surface area contributed by atoms with Crippen LogP contribution in [0.4, 0.5) is 26.3 Å². The van der Waals surface area contributed by atoms with Crippen LogP contribution in [0.3, 0.4) is 0 Å². The lowest BCUT2D eigenvalue weighted by Gasteiger charge is -2.31. The number of carbonyl (C=O) groups is 2. The maximum Gasteiger partial charge on any atom is 0.421 e. The van der Waals surface area contributed by atoms with Gasteiger partial charge in [0.05, 0.1) is 0 Å². The summed E-state index contributed by atoms with van der Waals surface area (Å²) >= 11 is 0. The fourth-order valence-corrected chi connectivity index (χ4v) is 4.49. The van der Waals surface area contributed by atoms with Crippen molar-refractivity contribution in [1.29, 1.82) is 0 Å². The molecule has 0 spiro atoms. The molecule has 10 heteroatoms. The molecule has 0 aromatic heterocycles. The molecule has 0 bridgehead atoms. The predicted molar refractivity (Wildman–Crippen MR) is 129 cm³/mol. The van der Waals surface area contributed by atoms with Crippen LogP contribution < -0.4 is 0 Å². The third kappa shape index (κ3) is 5.07. The van der Waals surface area contributed by atoms with Crippen LogP contribution in [0.2, 0.25) is 0 Å². The van der Waals surface area contributed by atoms with E-state index in [1.807, 2.05) is 0 Å². The number of halogens is 6. The predicted octanol–water partition coefficient (Wildman–Crippen LogP) is 6.57. The van der Waals surface area contributed by atoms with Crippen LogP contribution >= 0.6 is 0 Å². The van der Waals surface area contributed by atoms with Gasteiger partial charge in [-0.1, -0.05) is 49.4 Å². The van der Waals surface area contributed by atoms with Crippen molar-refractivity contribution in [3.63, 3.8) is 0 Å². The van der Waals surface area contributed by atoms with Crippen molar-refractivity contribution < 1.29 is 46.1 Å². The van der Waals surface area contributed by atoms with E-state index in [-0.39, 0.29) is 45.2 Å². The molecule has 0 fully saturated rings. The summed E-state index contributed by atoms with van der Waals surface area (Å²) in [5.41, 5.74) is -7.67. The second-order valence-electron chi connectivity index (χ2n) is 9.51. The highest BCUT2D eigenvalue weighted by atomic mass is 19.4. The number of fused-ring (bicyclic) bond motifs is 1. The van der Waals surface area contributed by atoms with Crippen LogP contribution in [0.1, 0.15) is 70.7 Å². The van der Waals surface area contributed by atoms with Crippen LogP contribution in [-0.2, 0) is 24.0 Å². The first-order chi connectivity index (χ1) is 17.3. The summed E-state index contributed by atoms with van der Waals surface area (Å²) in [7, 11) is 0. The average Bonchev–Trinajstić information content (AvgIpc) is 2.81. The van der Waals surface area contributed by atoms with Crippen LogP contribution in [0.15, 0.2) is 48.5 Å². The molecule has 204 valence electrons. The molecule has 3 aromatic rings. The minimum absolute atomic E-state index is 0.0119. The van der Waals surface area contributed by atoms with Gasteiger partial charge in [0.1, 0.15) is 0 Å². The number of rotatable bonds is 7. The van der Waals surface area contributed by atoms with E-state index >= 15 is 0 Å². The Kier molecular flexibility index (Phi) is 7.57. The van der Waals surface area contributed by atoms with Crippen molar-refractivity contribution in [2.45, 2.75) is 64.1 Å². The van der Waals surface area contributed by atoms with Gasteiger partial charge in [-0.2, -0.15) is 26.3 Å². The molecule has 0 aliphatic heterocycles. The summed E-state index contributed by atoms with van der Waals surface area (Å²) in [6, 6.07) is 9.80. The first-order valence-electron chi connectivity index (χ1n) is 11.6. The lowest BCUT2D eigenvalue weighted by atomic mass is 9.81. The molecule has 3 rings (SSSR count). The molecular formula is C28H26F6O4. The topological polar surface area (TPSA) is 74.6 Å². The lowest BCUT2D eigenvalue weighted by Crippen LogP contribution is -2.40. The molecule has 2 N–H and O–H groups in total. The van der Waals surface area contributed by atoms with Crippen LogP contribution in [-0.4, -0.2) is 34.1 Å². The quantitative estimate of drug-likeness (QED) is 0.263. The molecule has 2 unspecified atom stereocenters. The summed E-state index contributed by atoms with van der Waals surface area (Å²) in [6.45, 7) is 3.93. The van der Waals surface area contributed by atoms with Crippen LogP contribution in [0.25, 0.3) is 10.8 Å². The zero-order valence-corrected chi connectivity index (χ0v) is 21.0. The first-order valence-corrected chi connectivity index (χ1v) is 11.6. The Labute approximate surface area is 214 Å². The van der Waals surface area contributed by atoms with E-state index in [1.54, 1.807) is 0 Å². The number of Topliss-reactive ketones (excluding diaryl/α,β-unsaturated/α-hetero) is 2. The van der Waals surface area contributed by atoms with Gasteiger partial charge >= 0.3 is 12.4 Å². The minimum atomic E-state index is -5.14. The Balaban J connectivity index is 2.33. The number of ketones is 2. The normalized spacial score (nSPS) is 15.7. The van der Waals surface area contributed by atoms with E-state index in [0.29, 0.717) is 13.8 Å². The maximum atomic E-state index is 13.9. The van der Waals surface area contributed by atoms with E-state index in [1.165, 1.54) is 38.1 Å². The number of aliphatic hydroxyl groups is 2. The molecule has 0 saturated heterocycles. The smallest absolute Gasteiger partial charge is 0.376 e. The molecule has 0 radical (unpaired) electrons. The highest BCUT2D eigenvalue weighted by Gasteiger charge is 2.53. The third-order valence-corrected chi connectivity index (χ3v) is 6.86. The number of benzene rings is 3. The molecule has 0 saturated carbocycles. The fraction of sp³-hybridized carbons (Fsp3) is 0.357. The summed E-state index contributed by atoms with van der Waals surface area (Å²) in [5, 5.41) is 21.0. The number of hydrogen-bond acceptors (Lipinski definition) is 4. The van der Waals surface area contributed by atoms with E-state index in [0.717, 1.165) is 24.3 Å². The Morgan fingerprint density at radius 2 is 1.18 bits per heavy atom. The number of alkyl halides is 6. The molecule has 0 aliphatic rings. The Bertz CT molecular complexity index is 1400. The summed E-state index contributed by atoms with van der Waals surface area (Å²) in [6.07, 6.45) is -10.8. The van der Waals surface area contributed by atoms with Gasteiger partial charge in [0, 0.05) is 17.5 Å². The fourth-order valence-electron chi connectivity index (χ4n) is 4.49. The van der Waals surface area contributed by atoms with Gasteiger partial charge in [-0.05, 0) is 66.3 Å². The number of aryl methyl sites for hydroxylation is 1. The number of carbonyl (C=O) groups excluding carboxylic acids is 2. The van der Waals surface area contributed by atoms with Crippen molar-refractivity contribution >= 4 is 22.3 Å². The Morgan fingerprint density at radius 3 is 1.63 bits per heavy atom. The Hall–Kier alpha value is -3.24. The second kappa shape index (κ2) is 9.81. The van der Waals surface area contributed by atoms with Crippen LogP contribution in [0.5, 0.6) is 0 Å². The third-order valence-electron chi connectivity index (χ3n) is 6.86. The minimum Gasteiger partial charge on any atom is -0.376 e. The zero-order chi connectivity index (χ0) is 28.8. The monoisotopic (exact) mass is 540 g/mol. The van der Waals surface area contributed by atoms with Crippen LogP contribution in [0, 0.1) is 0 Å². The van der Waals surface area contributed by atoms with Crippen molar-refractivity contribution in [2.75, 3.05) is 0 Å². The molecule has 0 amide bonds. The molecule has 0 aliphatic carbocycles. The highest BCUT2D eigenvalue weighted by Crippen LogP contribution is 2.45. The van der Waals surface area contributed by atoms with Gasteiger partial charge in [0.2, 0.25) is 0 Å². The van der Waals surface area contributed by atoms with Gasteiger partial charge in [-0.25, -0.2) is 0 Å². The SMILES string of the molecule is CCc1c(C(C)(O)C(F)(F)F)ccc2c(CC(=O)c3cccc(C(C)=O)c3)c(C(C)(O)C(F)(F)F)ccc12. The van der Waals surface area contributed by atoms with E-state index < -0.39 is 46.9 Å². The Morgan fingerprint density at radius 1 is 0.737 bits per heavy atom. The largest absolute Gasteiger partial charge is 0.421 e. The van der Waals surface area contributed by atoms with E-state index in [4.69, 9.17) is 0 Å². The van der Waals surface area contributed by atoms with Crippen molar-refractivity contribution in [3.8, 4) is 0 Å². The van der Waals surface area contributed by atoms with E-state index in [9.17, 15) is 46.1 Å². The molecule has 3 aromatic carbocycles. The molecule has 38 heavy (non-hydrogen) atoms. The summed E-state index contributed by atoms with van der Waals surface area (Å²) < 4.78 is 82.5. The first kappa shape index (κ1) is 29.3. The van der Waals surface area contributed by atoms with Crippen molar-refractivity contribution in [1.82, 2.24) is 0 Å². The van der Waals surface area contributed by atoms with Crippen molar-refractivity contribution in [3.05, 3.63) is 81.9 Å². The average molecular weight is 541 g/mol. The van der Waals surface area contributed by atoms with E-state index in [2.05, 4.69) is 0 Å². The lowest BCUT2D eigenvalue weighted by molar-refractivity contribution is -0.259. The highest BCUT2D eigenvalue weighted by molar-refractivity contribution is 6.03. The molecule has 2 atom stereocenters. The second-order valence-corrected chi connectivity index (χ2v) is 9.51. The van der Waals surface area contributed by atoms with Gasteiger partial charge in [-0.15, -0.1) is 0 Å². The van der Waals surface area contributed by atoms with Gasteiger partial charge in [0.15, 0.2) is 22.8 Å².